The number of carbonyl (C=O) groups excluding carboxylic acids is 1. The van der Waals surface area contributed by atoms with Gasteiger partial charge in [0, 0.05) is 30.7 Å². The Morgan fingerprint density at radius 3 is 2.50 bits per heavy atom. The van der Waals surface area contributed by atoms with E-state index in [9.17, 15) is 4.79 Å². The third-order valence-electron chi connectivity index (χ3n) is 2.30. The number of benzene rings is 1. The van der Waals surface area contributed by atoms with Crippen LogP contribution < -0.4 is 10.6 Å². The van der Waals surface area contributed by atoms with E-state index < -0.39 is 0 Å². The quantitative estimate of drug-likeness (QED) is 0.861. The summed E-state index contributed by atoms with van der Waals surface area (Å²) in [5, 5.41) is 5.94. The van der Waals surface area contributed by atoms with Crippen molar-refractivity contribution in [3.8, 4) is 0 Å². The van der Waals surface area contributed by atoms with Crippen LogP contribution in [0.25, 0.3) is 0 Å². The van der Waals surface area contributed by atoms with Gasteiger partial charge < -0.3 is 10.6 Å². The van der Waals surface area contributed by atoms with Crippen molar-refractivity contribution in [1.82, 2.24) is 9.97 Å². The molecule has 0 saturated carbocycles. The molecule has 1 aromatic carbocycles. The molecule has 1 aromatic heterocycles. The topological polar surface area (TPSA) is 66.9 Å². The van der Waals surface area contributed by atoms with Gasteiger partial charge in [-0.05, 0) is 24.3 Å². The first kappa shape index (κ1) is 12.0. The zero-order valence-electron chi connectivity index (χ0n) is 10.1. The van der Waals surface area contributed by atoms with Crippen molar-refractivity contribution in [3.63, 3.8) is 0 Å². The smallest absolute Gasteiger partial charge is 0.221 e. The summed E-state index contributed by atoms with van der Waals surface area (Å²) in [6, 6.07) is 7.50. The predicted molar refractivity (Wildman–Crippen MR) is 70.1 cm³/mol. The molecule has 0 saturated heterocycles. The molecule has 0 radical (unpaired) electrons. The summed E-state index contributed by atoms with van der Waals surface area (Å²) in [5.41, 5.74) is 2.63. The Morgan fingerprint density at radius 1 is 1.17 bits per heavy atom. The molecule has 0 aliphatic rings. The van der Waals surface area contributed by atoms with Crippen molar-refractivity contribution in [3.05, 3.63) is 48.5 Å². The molecule has 2 rings (SSSR count). The molecule has 0 unspecified atom stereocenters. The van der Waals surface area contributed by atoms with E-state index in [2.05, 4.69) is 20.6 Å². The first-order valence-electron chi connectivity index (χ1n) is 5.60. The Hall–Kier alpha value is -2.43. The Bertz CT molecular complexity index is 510. The second-order valence-electron chi connectivity index (χ2n) is 3.81. The molecular weight excluding hydrogens is 228 g/mol. The highest BCUT2D eigenvalue weighted by Crippen LogP contribution is 2.13. The highest BCUT2D eigenvalue weighted by atomic mass is 16.1. The molecule has 0 fully saturated rings. The summed E-state index contributed by atoms with van der Waals surface area (Å²) in [7, 11) is 0. The summed E-state index contributed by atoms with van der Waals surface area (Å²) < 4.78 is 0. The molecule has 0 aliphatic carbocycles. The van der Waals surface area contributed by atoms with Gasteiger partial charge in [-0.3, -0.25) is 14.8 Å². The molecule has 2 aromatic rings. The number of anilines is 2. The molecule has 92 valence electrons. The van der Waals surface area contributed by atoms with E-state index in [-0.39, 0.29) is 5.91 Å². The van der Waals surface area contributed by atoms with Gasteiger partial charge in [-0.2, -0.15) is 0 Å². The minimum absolute atomic E-state index is 0.0738. The summed E-state index contributed by atoms with van der Waals surface area (Å²) in [6.07, 6.45) is 5.03. The van der Waals surface area contributed by atoms with Gasteiger partial charge in [-0.15, -0.1) is 0 Å². The van der Waals surface area contributed by atoms with Crippen LogP contribution in [0.3, 0.4) is 0 Å². The molecule has 0 bridgehead atoms. The SMILES string of the molecule is CC(=O)Nc1ccc(NCc2cnccn2)cc1. The van der Waals surface area contributed by atoms with Crippen LogP contribution in [0.4, 0.5) is 11.4 Å². The number of nitrogens with one attached hydrogen (secondary N) is 2. The van der Waals surface area contributed by atoms with E-state index in [1.165, 1.54) is 6.92 Å². The number of carbonyl (C=O) groups is 1. The van der Waals surface area contributed by atoms with Crippen molar-refractivity contribution in [2.45, 2.75) is 13.5 Å². The summed E-state index contributed by atoms with van der Waals surface area (Å²) in [6.45, 7) is 2.10. The molecule has 1 amide bonds. The minimum atomic E-state index is -0.0738. The van der Waals surface area contributed by atoms with Gasteiger partial charge >= 0.3 is 0 Å². The van der Waals surface area contributed by atoms with Gasteiger partial charge in [0.05, 0.1) is 18.4 Å². The monoisotopic (exact) mass is 242 g/mol. The van der Waals surface area contributed by atoms with Crippen LogP contribution in [0.5, 0.6) is 0 Å². The molecule has 2 N–H and O–H groups in total. The summed E-state index contributed by atoms with van der Waals surface area (Å²) >= 11 is 0. The zero-order chi connectivity index (χ0) is 12.8. The number of amides is 1. The predicted octanol–water partition coefficient (Wildman–Crippen LogP) is 2.05. The first-order chi connectivity index (χ1) is 8.74. The van der Waals surface area contributed by atoms with Crippen LogP contribution in [0.2, 0.25) is 0 Å². The lowest BCUT2D eigenvalue weighted by atomic mass is 10.2. The van der Waals surface area contributed by atoms with E-state index >= 15 is 0 Å². The Labute approximate surface area is 105 Å². The lowest BCUT2D eigenvalue weighted by molar-refractivity contribution is -0.114. The zero-order valence-corrected chi connectivity index (χ0v) is 10.1. The number of hydrogen-bond acceptors (Lipinski definition) is 4. The normalized spacial score (nSPS) is 9.83. The van der Waals surface area contributed by atoms with Crippen LogP contribution in [-0.4, -0.2) is 15.9 Å². The lowest BCUT2D eigenvalue weighted by Gasteiger charge is -2.07. The molecule has 1 heterocycles. The number of nitrogens with zero attached hydrogens (tertiary/aromatic N) is 2. The highest BCUT2D eigenvalue weighted by molar-refractivity contribution is 5.88. The van der Waals surface area contributed by atoms with Crippen LogP contribution in [-0.2, 0) is 11.3 Å². The average molecular weight is 242 g/mol. The second kappa shape index (κ2) is 5.77. The van der Waals surface area contributed by atoms with Gasteiger partial charge in [-0.1, -0.05) is 0 Å². The Kier molecular flexibility index (Phi) is 3.86. The molecule has 5 heteroatoms. The van der Waals surface area contributed by atoms with Crippen LogP contribution in [0.15, 0.2) is 42.9 Å². The van der Waals surface area contributed by atoms with Gasteiger partial charge in [0.15, 0.2) is 0 Å². The molecule has 5 nitrogen and oxygen atoms in total. The van der Waals surface area contributed by atoms with E-state index in [4.69, 9.17) is 0 Å². The molecule has 0 atom stereocenters. The second-order valence-corrected chi connectivity index (χ2v) is 3.81. The fraction of sp³-hybridized carbons (Fsp3) is 0.154. The Balaban J connectivity index is 1.92. The van der Waals surface area contributed by atoms with Crippen LogP contribution >= 0.6 is 0 Å². The molecule has 18 heavy (non-hydrogen) atoms. The number of rotatable bonds is 4. The van der Waals surface area contributed by atoms with Gasteiger partial charge in [-0.25, -0.2) is 0 Å². The average Bonchev–Trinajstić information content (AvgIpc) is 2.38. The minimum Gasteiger partial charge on any atom is -0.379 e. The number of aromatic nitrogens is 2. The largest absolute Gasteiger partial charge is 0.379 e. The number of hydrogen-bond donors (Lipinski definition) is 2. The van der Waals surface area contributed by atoms with E-state index in [0.29, 0.717) is 6.54 Å². The van der Waals surface area contributed by atoms with Crippen molar-refractivity contribution in [2.75, 3.05) is 10.6 Å². The maximum atomic E-state index is 10.9. The van der Waals surface area contributed by atoms with Crippen molar-refractivity contribution >= 4 is 17.3 Å². The Morgan fingerprint density at radius 2 is 1.89 bits per heavy atom. The standard InChI is InChI=1S/C13H14N4O/c1-10(18)17-12-4-2-11(3-5-12)16-9-13-8-14-6-7-15-13/h2-8,16H,9H2,1H3,(H,17,18). The van der Waals surface area contributed by atoms with Crippen LogP contribution in [0.1, 0.15) is 12.6 Å². The third kappa shape index (κ3) is 3.55. The fourth-order valence-corrected chi connectivity index (χ4v) is 1.49. The van der Waals surface area contributed by atoms with E-state index in [0.717, 1.165) is 17.1 Å². The van der Waals surface area contributed by atoms with Gasteiger partial charge in [0.25, 0.3) is 0 Å². The molecule has 0 spiro atoms. The van der Waals surface area contributed by atoms with Gasteiger partial charge in [0.1, 0.15) is 0 Å². The maximum Gasteiger partial charge on any atom is 0.221 e. The van der Waals surface area contributed by atoms with Crippen molar-refractivity contribution in [1.29, 1.82) is 0 Å². The van der Waals surface area contributed by atoms with E-state index in [1.54, 1.807) is 18.6 Å². The maximum absolute atomic E-state index is 10.9. The first-order valence-corrected chi connectivity index (χ1v) is 5.60. The van der Waals surface area contributed by atoms with Crippen molar-refractivity contribution < 1.29 is 4.79 Å². The van der Waals surface area contributed by atoms with Crippen molar-refractivity contribution in [2.24, 2.45) is 0 Å². The van der Waals surface area contributed by atoms with Crippen LogP contribution in [0, 0.1) is 0 Å². The highest BCUT2D eigenvalue weighted by Gasteiger charge is 1.97. The summed E-state index contributed by atoms with van der Waals surface area (Å²) in [5.74, 6) is -0.0738. The van der Waals surface area contributed by atoms with Gasteiger partial charge in [0.2, 0.25) is 5.91 Å². The summed E-state index contributed by atoms with van der Waals surface area (Å²) in [4.78, 5) is 19.0. The fourth-order valence-electron chi connectivity index (χ4n) is 1.49. The lowest BCUT2D eigenvalue weighted by Crippen LogP contribution is -2.06. The molecule has 0 aliphatic heterocycles. The van der Waals surface area contributed by atoms with E-state index in [1.807, 2.05) is 24.3 Å². The molecular formula is C13H14N4O. The third-order valence-corrected chi connectivity index (χ3v) is 2.30.